The zero-order chi connectivity index (χ0) is 10.8. The van der Waals surface area contributed by atoms with E-state index in [1.165, 1.54) is 25.0 Å². The van der Waals surface area contributed by atoms with Crippen LogP contribution < -0.4 is 5.32 Å². The Labute approximate surface area is 104 Å². The highest BCUT2D eigenvalue weighted by Gasteiger charge is 2.26. The van der Waals surface area contributed by atoms with Gasteiger partial charge in [0.2, 0.25) is 0 Å². The predicted molar refractivity (Wildman–Crippen MR) is 70.4 cm³/mol. The summed E-state index contributed by atoms with van der Waals surface area (Å²) in [5, 5.41) is 7.97. The molecule has 0 bridgehead atoms. The van der Waals surface area contributed by atoms with Crippen LogP contribution in [-0.2, 0) is 7.05 Å². The largest absolute Gasteiger partial charge is 0.370 e. The summed E-state index contributed by atoms with van der Waals surface area (Å²) in [4.78, 5) is 0. The number of nitrogens with one attached hydrogen (secondary N) is 1. The molecule has 0 radical (unpaired) electrons. The van der Waals surface area contributed by atoms with Crippen LogP contribution in [0.4, 0.5) is 5.82 Å². The summed E-state index contributed by atoms with van der Waals surface area (Å²) in [5.41, 5.74) is 1.27. The molecule has 0 aromatic carbocycles. The van der Waals surface area contributed by atoms with E-state index in [1.807, 2.05) is 11.7 Å². The normalized spacial score (nSPS) is 15.0. The zero-order valence-electron chi connectivity index (χ0n) is 10.4. The lowest BCUT2D eigenvalue weighted by Crippen LogP contribution is -2.08. The summed E-state index contributed by atoms with van der Waals surface area (Å²) in [5.74, 6) is 2.67. The molecule has 0 spiro atoms. The van der Waals surface area contributed by atoms with Crippen LogP contribution in [-0.4, -0.2) is 16.3 Å². The van der Waals surface area contributed by atoms with E-state index in [0.29, 0.717) is 0 Å². The molecular weight excluding hydrogens is 222 g/mol. The Balaban J connectivity index is 0.00000128. The van der Waals surface area contributed by atoms with E-state index < -0.39 is 0 Å². The summed E-state index contributed by atoms with van der Waals surface area (Å²) in [6.07, 6.45) is 3.86. The van der Waals surface area contributed by atoms with E-state index in [9.17, 15) is 0 Å². The predicted octanol–water partition coefficient (Wildman–Crippen LogP) is 3.18. The quantitative estimate of drug-likeness (QED) is 0.861. The first kappa shape index (κ1) is 13.4. The minimum Gasteiger partial charge on any atom is -0.370 e. The first-order valence-corrected chi connectivity index (χ1v) is 5.94. The Kier molecular flexibility index (Phi) is 4.66. The van der Waals surface area contributed by atoms with E-state index in [-0.39, 0.29) is 12.4 Å². The minimum atomic E-state index is 0. The summed E-state index contributed by atoms with van der Waals surface area (Å²) in [6.45, 7) is 5.54. The Hall–Kier alpha value is -0.700. The molecule has 0 unspecified atom stereocenters. The van der Waals surface area contributed by atoms with Crippen molar-refractivity contribution >= 4 is 18.2 Å². The van der Waals surface area contributed by atoms with Gasteiger partial charge in [-0.3, -0.25) is 4.68 Å². The van der Waals surface area contributed by atoms with Gasteiger partial charge in [-0.25, -0.2) is 0 Å². The molecule has 92 valence electrons. The van der Waals surface area contributed by atoms with Gasteiger partial charge < -0.3 is 5.32 Å². The second-order valence-corrected chi connectivity index (χ2v) is 4.96. The lowest BCUT2D eigenvalue weighted by atomic mass is 10.1. The van der Waals surface area contributed by atoms with E-state index in [1.54, 1.807) is 0 Å². The second-order valence-electron chi connectivity index (χ2n) is 4.96. The average Bonchev–Trinajstić information content (AvgIpc) is 2.93. The molecule has 0 aliphatic heterocycles. The summed E-state index contributed by atoms with van der Waals surface area (Å²) in [7, 11) is 2.02. The minimum absolute atomic E-state index is 0. The van der Waals surface area contributed by atoms with Crippen molar-refractivity contribution in [1.29, 1.82) is 0 Å². The average molecular weight is 244 g/mol. The fourth-order valence-electron chi connectivity index (χ4n) is 1.72. The molecular formula is C12H22ClN3. The van der Waals surface area contributed by atoms with Gasteiger partial charge in [0.1, 0.15) is 5.82 Å². The lowest BCUT2D eigenvalue weighted by Gasteiger charge is -2.07. The number of nitrogens with zero attached hydrogens (tertiary/aromatic N) is 2. The number of aryl methyl sites for hydroxylation is 1. The van der Waals surface area contributed by atoms with Gasteiger partial charge in [0.05, 0.1) is 5.69 Å². The number of rotatable bonds is 5. The molecule has 1 heterocycles. The maximum Gasteiger partial charge on any atom is 0.124 e. The van der Waals surface area contributed by atoms with E-state index in [0.717, 1.165) is 24.2 Å². The van der Waals surface area contributed by atoms with E-state index >= 15 is 0 Å². The number of anilines is 1. The molecule has 1 aromatic heterocycles. The van der Waals surface area contributed by atoms with Crippen molar-refractivity contribution < 1.29 is 0 Å². The van der Waals surface area contributed by atoms with Crippen LogP contribution in [0.1, 0.15) is 44.7 Å². The van der Waals surface area contributed by atoms with Crippen LogP contribution in [0.2, 0.25) is 0 Å². The van der Waals surface area contributed by atoms with Crippen molar-refractivity contribution in [3.8, 4) is 0 Å². The van der Waals surface area contributed by atoms with E-state index in [4.69, 9.17) is 0 Å². The fourth-order valence-corrected chi connectivity index (χ4v) is 1.72. The number of aromatic nitrogens is 2. The smallest absolute Gasteiger partial charge is 0.124 e. The van der Waals surface area contributed by atoms with Crippen LogP contribution in [0.15, 0.2) is 6.07 Å². The Bertz CT molecular complexity index is 329. The highest BCUT2D eigenvalue weighted by molar-refractivity contribution is 5.85. The van der Waals surface area contributed by atoms with Crippen molar-refractivity contribution in [2.75, 3.05) is 11.9 Å². The van der Waals surface area contributed by atoms with Crippen molar-refractivity contribution in [2.24, 2.45) is 13.0 Å². The first-order valence-electron chi connectivity index (χ1n) is 5.94. The molecule has 1 fully saturated rings. The third-order valence-electron chi connectivity index (χ3n) is 2.92. The molecule has 1 saturated carbocycles. The van der Waals surface area contributed by atoms with Crippen LogP contribution >= 0.6 is 12.4 Å². The molecule has 1 N–H and O–H groups in total. The number of hydrogen-bond acceptors (Lipinski definition) is 2. The zero-order valence-corrected chi connectivity index (χ0v) is 11.2. The molecule has 16 heavy (non-hydrogen) atoms. The Morgan fingerprint density at radius 3 is 2.75 bits per heavy atom. The molecule has 0 saturated heterocycles. The van der Waals surface area contributed by atoms with Gasteiger partial charge in [0.25, 0.3) is 0 Å². The van der Waals surface area contributed by atoms with Crippen molar-refractivity contribution in [3.05, 3.63) is 11.8 Å². The van der Waals surface area contributed by atoms with Crippen molar-refractivity contribution in [2.45, 2.75) is 39.0 Å². The van der Waals surface area contributed by atoms with Gasteiger partial charge in [-0.2, -0.15) is 5.10 Å². The summed E-state index contributed by atoms with van der Waals surface area (Å²) >= 11 is 0. The molecule has 0 atom stereocenters. The van der Waals surface area contributed by atoms with E-state index in [2.05, 4.69) is 30.3 Å². The van der Waals surface area contributed by atoms with Gasteiger partial charge in [-0.1, -0.05) is 13.8 Å². The molecule has 3 nitrogen and oxygen atoms in total. The van der Waals surface area contributed by atoms with Gasteiger partial charge in [-0.05, 0) is 25.2 Å². The molecule has 1 aromatic rings. The highest BCUT2D eigenvalue weighted by atomic mass is 35.5. The maximum absolute atomic E-state index is 4.52. The number of hydrogen-bond donors (Lipinski definition) is 1. The summed E-state index contributed by atoms with van der Waals surface area (Å²) < 4.78 is 1.97. The van der Waals surface area contributed by atoms with Crippen molar-refractivity contribution in [3.63, 3.8) is 0 Å². The molecule has 2 rings (SSSR count). The second kappa shape index (κ2) is 5.58. The highest BCUT2D eigenvalue weighted by Crippen LogP contribution is 2.39. The SMILES string of the molecule is CC(C)CCNc1cc(C2CC2)nn1C.Cl. The van der Waals surface area contributed by atoms with Crippen LogP contribution in [0.25, 0.3) is 0 Å². The lowest BCUT2D eigenvalue weighted by molar-refractivity contribution is 0.604. The van der Waals surface area contributed by atoms with Gasteiger partial charge in [0.15, 0.2) is 0 Å². The Morgan fingerprint density at radius 2 is 2.19 bits per heavy atom. The molecule has 0 amide bonds. The topological polar surface area (TPSA) is 29.9 Å². The van der Waals surface area contributed by atoms with Gasteiger partial charge >= 0.3 is 0 Å². The van der Waals surface area contributed by atoms with Crippen LogP contribution in [0, 0.1) is 5.92 Å². The molecule has 1 aliphatic rings. The monoisotopic (exact) mass is 243 g/mol. The first-order chi connectivity index (χ1) is 7.16. The summed E-state index contributed by atoms with van der Waals surface area (Å²) in [6, 6.07) is 2.21. The third kappa shape index (κ3) is 3.41. The Morgan fingerprint density at radius 1 is 1.50 bits per heavy atom. The molecule has 1 aliphatic carbocycles. The van der Waals surface area contributed by atoms with Crippen molar-refractivity contribution in [1.82, 2.24) is 9.78 Å². The standard InChI is InChI=1S/C12H21N3.ClH/c1-9(2)6-7-13-12-8-11(10-4-5-10)14-15(12)3;/h8-10,13H,4-7H2,1-3H3;1H. The van der Waals surface area contributed by atoms with Crippen LogP contribution in [0.5, 0.6) is 0 Å². The fraction of sp³-hybridized carbons (Fsp3) is 0.750. The third-order valence-corrected chi connectivity index (χ3v) is 2.92. The maximum atomic E-state index is 4.52. The molecule has 4 heteroatoms. The number of halogens is 1. The van der Waals surface area contributed by atoms with Gasteiger partial charge in [0, 0.05) is 25.6 Å². The van der Waals surface area contributed by atoms with Crippen LogP contribution in [0.3, 0.4) is 0 Å². The van der Waals surface area contributed by atoms with Gasteiger partial charge in [-0.15, -0.1) is 12.4 Å².